The molecule has 1 atom stereocenters. The summed E-state index contributed by atoms with van der Waals surface area (Å²) in [6.07, 6.45) is 2.81. The molecule has 0 saturated carbocycles. The highest BCUT2D eigenvalue weighted by Crippen LogP contribution is 2.46. The first-order valence-electron chi connectivity index (χ1n) is 12.9. The lowest BCUT2D eigenvalue weighted by atomic mass is 9.81. The molecule has 3 aromatic carbocycles. The lowest BCUT2D eigenvalue weighted by Crippen LogP contribution is -2.11. The summed E-state index contributed by atoms with van der Waals surface area (Å²) in [5.41, 5.74) is 7.87. The minimum atomic E-state index is -4.30. The minimum Gasteiger partial charge on any atom is -0.482 e. The largest absolute Gasteiger partial charge is 0.482 e. The second-order valence-electron chi connectivity index (χ2n) is 10.0. The van der Waals surface area contributed by atoms with Crippen LogP contribution in [0.5, 0.6) is 5.75 Å². The quantitative estimate of drug-likeness (QED) is 0.186. The first-order valence-corrected chi connectivity index (χ1v) is 15.2. The molecule has 8 nitrogen and oxygen atoms in total. The number of nitrogens with zero attached hydrogens (tertiary/aromatic N) is 1. The van der Waals surface area contributed by atoms with Gasteiger partial charge >= 0.3 is 5.97 Å². The topological polar surface area (TPSA) is 130 Å². The molecule has 0 aliphatic heterocycles. The van der Waals surface area contributed by atoms with E-state index >= 15 is 0 Å². The maximum atomic E-state index is 11.6. The third-order valence-electron chi connectivity index (χ3n) is 7.39. The Labute approximate surface area is 240 Å². The van der Waals surface area contributed by atoms with Crippen molar-refractivity contribution < 1.29 is 27.6 Å². The van der Waals surface area contributed by atoms with Gasteiger partial charge in [-0.3, -0.25) is 4.55 Å². The maximum Gasteiger partial charge on any atom is 0.341 e. The normalized spacial score (nSPS) is 15.0. The van der Waals surface area contributed by atoms with Crippen molar-refractivity contribution >= 4 is 50.0 Å². The summed E-state index contributed by atoms with van der Waals surface area (Å²) in [5, 5.41) is 11.0. The van der Waals surface area contributed by atoms with Gasteiger partial charge in [-0.15, -0.1) is 11.3 Å². The summed E-state index contributed by atoms with van der Waals surface area (Å²) in [6, 6.07) is 19.8. The summed E-state index contributed by atoms with van der Waals surface area (Å²) < 4.78 is 38.2. The summed E-state index contributed by atoms with van der Waals surface area (Å²) >= 11 is 1.63. The number of aryl methyl sites for hydroxylation is 2. The summed E-state index contributed by atoms with van der Waals surface area (Å²) in [6.45, 7) is 3.62. The van der Waals surface area contributed by atoms with Crippen LogP contribution in [0.3, 0.4) is 0 Å². The molecule has 1 aliphatic rings. The molecule has 3 N–H and O–H groups in total. The molecule has 6 rings (SSSR count). The van der Waals surface area contributed by atoms with Crippen molar-refractivity contribution in [2.45, 2.75) is 31.1 Å². The van der Waals surface area contributed by atoms with Crippen LogP contribution in [0, 0.1) is 13.8 Å². The molecule has 10 heteroatoms. The SMILES string of the molecule is Cc1nc(C2=Cc3c([nH]c4cccc(-c5cccc(OCC(=O)O)c5)c34)CC2c2ccc(S(=O)(=O)O)cc2)sc1C. The number of carbonyl (C=O) groups is 1. The van der Waals surface area contributed by atoms with E-state index < -0.39 is 22.7 Å². The van der Waals surface area contributed by atoms with Crippen LogP contribution in [0.1, 0.15) is 38.3 Å². The van der Waals surface area contributed by atoms with Crippen molar-refractivity contribution in [3.8, 4) is 16.9 Å². The number of nitrogens with one attached hydrogen (secondary N) is 1. The van der Waals surface area contributed by atoms with E-state index in [1.807, 2.05) is 50.2 Å². The van der Waals surface area contributed by atoms with Crippen molar-refractivity contribution in [2.75, 3.05) is 6.61 Å². The van der Waals surface area contributed by atoms with E-state index in [9.17, 15) is 17.8 Å². The van der Waals surface area contributed by atoms with E-state index in [2.05, 4.69) is 11.1 Å². The fourth-order valence-corrected chi connectivity index (χ4v) is 6.80. The lowest BCUT2D eigenvalue weighted by Gasteiger charge is -2.24. The molecule has 1 aliphatic carbocycles. The molecule has 0 fully saturated rings. The van der Waals surface area contributed by atoms with Crippen LogP contribution in [0.25, 0.3) is 33.7 Å². The highest BCUT2D eigenvalue weighted by molar-refractivity contribution is 7.85. The van der Waals surface area contributed by atoms with E-state index in [4.69, 9.17) is 14.8 Å². The Bertz CT molecular complexity index is 1930. The van der Waals surface area contributed by atoms with Crippen molar-refractivity contribution in [2.24, 2.45) is 0 Å². The molecular formula is C31H26N2O6S2. The van der Waals surface area contributed by atoms with Gasteiger partial charge in [0.05, 0.1) is 10.6 Å². The highest BCUT2D eigenvalue weighted by atomic mass is 32.2. The standard InChI is InChI=1S/C31H26N2O6S2/c1-17-18(2)40-31(32-17)25-14-26-28(15-24(25)19-9-11-22(12-10-19)41(36,37)38)33-27-8-4-7-23(30(26)27)20-5-3-6-21(13-20)39-16-29(34)35/h3-14,24,33H,15-16H2,1-2H3,(H,34,35)(H,36,37,38). The maximum absolute atomic E-state index is 11.6. The molecule has 2 aromatic heterocycles. The van der Waals surface area contributed by atoms with Gasteiger partial charge < -0.3 is 14.8 Å². The van der Waals surface area contributed by atoms with Crippen LogP contribution in [-0.2, 0) is 21.3 Å². The first-order chi connectivity index (χ1) is 19.6. The fourth-order valence-electron chi connectivity index (χ4n) is 5.33. The number of hydrogen-bond acceptors (Lipinski definition) is 6. The van der Waals surface area contributed by atoms with Crippen LogP contribution >= 0.6 is 11.3 Å². The number of aromatic nitrogens is 2. The number of carboxylic acid groups (broad SMARTS) is 1. The molecule has 0 bridgehead atoms. The van der Waals surface area contributed by atoms with Crippen molar-refractivity contribution in [3.05, 3.63) is 99.1 Å². The zero-order chi connectivity index (χ0) is 28.9. The Kier molecular flexibility index (Phi) is 6.77. The fraction of sp³-hybridized carbons (Fsp3) is 0.161. The number of allylic oxidation sites excluding steroid dienone is 1. The number of hydrogen-bond donors (Lipinski definition) is 3. The number of aliphatic carboxylic acids is 1. The predicted molar refractivity (Wildman–Crippen MR) is 159 cm³/mol. The van der Waals surface area contributed by atoms with Gasteiger partial charge in [0.1, 0.15) is 10.8 Å². The number of ether oxygens (including phenoxy) is 1. The predicted octanol–water partition coefficient (Wildman–Crippen LogP) is 6.50. The Hall–Kier alpha value is -4.25. The number of carboxylic acids is 1. The van der Waals surface area contributed by atoms with E-state index in [1.165, 1.54) is 12.1 Å². The van der Waals surface area contributed by atoms with Gasteiger partial charge in [0.15, 0.2) is 6.61 Å². The van der Waals surface area contributed by atoms with Crippen LogP contribution < -0.4 is 4.74 Å². The molecule has 2 heterocycles. The van der Waals surface area contributed by atoms with E-state index in [-0.39, 0.29) is 10.8 Å². The highest BCUT2D eigenvalue weighted by Gasteiger charge is 2.30. The Morgan fingerprint density at radius 1 is 1.10 bits per heavy atom. The van der Waals surface area contributed by atoms with Gasteiger partial charge in [0.2, 0.25) is 0 Å². The van der Waals surface area contributed by atoms with Gasteiger partial charge in [-0.25, -0.2) is 9.78 Å². The average Bonchev–Trinajstić information content (AvgIpc) is 3.49. The Balaban J connectivity index is 1.50. The molecule has 5 aromatic rings. The zero-order valence-electron chi connectivity index (χ0n) is 22.2. The molecule has 0 amide bonds. The van der Waals surface area contributed by atoms with E-state index in [1.54, 1.807) is 29.5 Å². The van der Waals surface area contributed by atoms with Crippen LogP contribution in [-0.4, -0.2) is 40.6 Å². The molecule has 0 saturated heterocycles. The van der Waals surface area contributed by atoms with Crippen LogP contribution in [0.4, 0.5) is 0 Å². The Morgan fingerprint density at radius 2 is 1.85 bits per heavy atom. The van der Waals surface area contributed by atoms with Crippen LogP contribution in [0.15, 0.2) is 71.6 Å². The number of H-pyrrole nitrogens is 1. The number of thiazole rings is 1. The minimum absolute atomic E-state index is 0.0906. The Morgan fingerprint density at radius 3 is 2.54 bits per heavy atom. The van der Waals surface area contributed by atoms with Crippen molar-refractivity contribution in [1.29, 1.82) is 0 Å². The first kappa shape index (κ1) is 26.9. The third kappa shape index (κ3) is 5.17. The van der Waals surface area contributed by atoms with Crippen molar-refractivity contribution in [3.63, 3.8) is 0 Å². The van der Waals surface area contributed by atoms with Gasteiger partial charge in [0.25, 0.3) is 10.1 Å². The smallest absolute Gasteiger partial charge is 0.341 e. The average molecular weight is 587 g/mol. The van der Waals surface area contributed by atoms with Gasteiger partial charge in [-0.2, -0.15) is 8.42 Å². The molecule has 1 unspecified atom stereocenters. The van der Waals surface area contributed by atoms with E-state index in [0.717, 1.165) is 60.0 Å². The molecule has 41 heavy (non-hydrogen) atoms. The second-order valence-corrected chi connectivity index (χ2v) is 12.6. The number of fused-ring (bicyclic) bond motifs is 3. The van der Waals surface area contributed by atoms with Crippen LogP contribution in [0.2, 0.25) is 0 Å². The molecule has 208 valence electrons. The number of aromatic amines is 1. The lowest BCUT2D eigenvalue weighted by molar-refractivity contribution is -0.139. The van der Waals surface area contributed by atoms with Gasteiger partial charge in [0, 0.05) is 33.0 Å². The number of benzene rings is 3. The molecule has 0 radical (unpaired) electrons. The summed E-state index contributed by atoms with van der Waals surface area (Å²) in [4.78, 5) is 20.5. The monoisotopic (exact) mass is 586 g/mol. The summed E-state index contributed by atoms with van der Waals surface area (Å²) in [7, 11) is -4.30. The van der Waals surface area contributed by atoms with Gasteiger partial charge in [-0.05, 0) is 78.9 Å². The summed E-state index contributed by atoms with van der Waals surface area (Å²) in [5.74, 6) is -0.651. The second kappa shape index (κ2) is 10.3. The third-order valence-corrected chi connectivity index (χ3v) is 9.38. The molecule has 0 spiro atoms. The number of rotatable bonds is 7. The van der Waals surface area contributed by atoms with E-state index in [0.29, 0.717) is 12.2 Å². The van der Waals surface area contributed by atoms with Gasteiger partial charge in [-0.1, -0.05) is 36.4 Å². The molecular weight excluding hydrogens is 560 g/mol. The van der Waals surface area contributed by atoms with Crippen molar-refractivity contribution in [1.82, 2.24) is 9.97 Å². The zero-order valence-corrected chi connectivity index (χ0v) is 23.8.